The molecule has 1 atom stereocenters. The second kappa shape index (κ2) is 4.77. The van der Waals surface area contributed by atoms with Crippen LogP contribution in [0.15, 0.2) is 23.1 Å². The van der Waals surface area contributed by atoms with E-state index in [1.54, 1.807) is 18.2 Å². The number of hydrogen-bond donors (Lipinski definition) is 2. The minimum absolute atomic E-state index is 0.214. The maximum absolute atomic E-state index is 11.2. The van der Waals surface area contributed by atoms with E-state index in [1.807, 2.05) is 0 Å². The highest BCUT2D eigenvalue weighted by Crippen LogP contribution is 2.33. The second-order valence-corrected chi connectivity index (χ2v) is 4.55. The van der Waals surface area contributed by atoms with Crippen molar-refractivity contribution >= 4 is 29.3 Å². The molecule has 0 aliphatic carbocycles. The minimum Gasteiger partial charge on any atom is -0.468 e. The van der Waals surface area contributed by atoms with Gasteiger partial charge in [-0.2, -0.15) is 0 Å². The lowest BCUT2D eigenvalue weighted by molar-refractivity contribution is -0.137. The van der Waals surface area contributed by atoms with Gasteiger partial charge in [0.25, 0.3) is 5.91 Å². The normalized spacial score (nSPS) is 17.5. The Bertz CT molecular complexity index is 475. The van der Waals surface area contributed by atoms with Gasteiger partial charge >= 0.3 is 5.97 Å². The number of aliphatic hydroxyl groups is 1. The molecule has 2 rings (SSSR count). The van der Waals surface area contributed by atoms with Crippen LogP contribution in [0.3, 0.4) is 0 Å². The smallest absolute Gasteiger partial charge is 0.315 e. The fraction of sp³-hybridized carbons (Fsp3) is 0.273. The Morgan fingerprint density at radius 3 is 3.06 bits per heavy atom. The Kier molecular flexibility index (Phi) is 3.35. The lowest BCUT2D eigenvalue weighted by Gasteiger charge is -2.04. The quantitative estimate of drug-likeness (QED) is 0.619. The average molecular weight is 253 g/mol. The van der Waals surface area contributed by atoms with Gasteiger partial charge in [0.15, 0.2) is 6.10 Å². The number of aliphatic hydroxyl groups excluding tert-OH is 1. The fourth-order valence-electron chi connectivity index (χ4n) is 1.52. The summed E-state index contributed by atoms with van der Waals surface area (Å²) in [5.41, 5.74) is 1.16. The summed E-state index contributed by atoms with van der Waals surface area (Å²) < 4.78 is 4.53. The molecule has 0 aromatic heterocycles. The molecule has 1 aliphatic heterocycles. The van der Waals surface area contributed by atoms with Crippen LogP contribution in [0, 0.1) is 0 Å². The van der Waals surface area contributed by atoms with E-state index in [1.165, 1.54) is 18.9 Å². The topological polar surface area (TPSA) is 75.6 Å². The second-order valence-electron chi connectivity index (χ2n) is 3.51. The Hall–Kier alpha value is -1.53. The number of anilines is 1. The Morgan fingerprint density at radius 2 is 2.35 bits per heavy atom. The highest BCUT2D eigenvalue weighted by molar-refractivity contribution is 8.00. The van der Waals surface area contributed by atoms with Gasteiger partial charge in [-0.3, -0.25) is 9.59 Å². The molecule has 1 unspecified atom stereocenters. The molecule has 17 heavy (non-hydrogen) atoms. The van der Waals surface area contributed by atoms with Crippen LogP contribution in [0.4, 0.5) is 5.69 Å². The summed E-state index contributed by atoms with van der Waals surface area (Å²) in [6.45, 7) is 0. The van der Waals surface area contributed by atoms with E-state index in [2.05, 4.69) is 10.1 Å². The largest absolute Gasteiger partial charge is 0.468 e. The molecular weight excluding hydrogens is 242 g/mol. The van der Waals surface area contributed by atoms with Gasteiger partial charge in [-0.15, -0.1) is 11.8 Å². The first-order chi connectivity index (χ1) is 8.11. The number of rotatable bonds is 3. The zero-order chi connectivity index (χ0) is 12.4. The molecule has 90 valence electrons. The van der Waals surface area contributed by atoms with Crippen molar-refractivity contribution < 1.29 is 19.4 Å². The number of methoxy groups -OCH3 is 1. The van der Waals surface area contributed by atoms with Gasteiger partial charge < -0.3 is 15.2 Å². The number of nitrogens with one attached hydrogen (secondary N) is 1. The summed E-state index contributed by atoms with van der Waals surface area (Å²) in [5, 5.41) is 12.1. The van der Waals surface area contributed by atoms with Crippen LogP contribution in [0.2, 0.25) is 0 Å². The summed E-state index contributed by atoms with van der Waals surface area (Å²) in [6, 6.07) is 5.17. The van der Waals surface area contributed by atoms with Crippen LogP contribution in [0.5, 0.6) is 0 Å². The average Bonchev–Trinajstić information content (AvgIpc) is 2.62. The number of hydrogen-bond acceptors (Lipinski definition) is 5. The number of esters is 1. The van der Waals surface area contributed by atoms with Gasteiger partial charge in [-0.25, -0.2) is 0 Å². The van der Waals surface area contributed by atoms with Gasteiger partial charge in [0, 0.05) is 16.1 Å². The van der Waals surface area contributed by atoms with Gasteiger partial charge in [0.1, 0.15) is 0 Å². The summed E-state index contributed by atoms with van der Waals surface area (Å²) in [5.74, 6) is -0.513. The molecular formula is C11H11NO4S. The predicted molar refractivity (Wildman–Crippen MR) is 62.8 cm³/mol. The Balaban J connectivity index is 2.11. The number of carbonyl (C=O) groups excluding carboxylic acids is 2. The SMILES string of the molecule is COC(=O)CSc1ccc2c(c1)NC(=O)C2O. The molecule has 1 aliphatic rings. The van der Waals surface area contributed by atoms with Crippen molar-refractivity contribution in [1.29, 1.82) is 0 Å². The van der Waals surface area contributed by atoms with Gasteiger partial charge in [0.05, 0.1) is 12.9 Å². The van der Waals surface area contributed by atoms with Crippen molar-refractivity contribution in [2.45, 2.75) is 11.0 Å². The maximum Gasteiger partial charge on any atom is 0.315 e. The Morgan fingerprint density at radius 1 is 1.59 bits per heavy atom. The fourth-order valence-corrected chi connectivity index (χ4v) is 2.28. The molecule has 0 radical (unpaired) electrons. The summed E-state index contributed by atoms with van der Waals surface area (Å²) in [7, 11) is 1.34. The maximum atomic E-state index is 11.2. The third-order valence-corrected chi connectivity index (χ3v) is 3.38. The zero-order valence-corrected chi connectivity index (χ0v) is 9.91. The van der Waals surface area contributed by atoms with Gasteiger partial charge in [0.2, 0.25) is 0 Å². The molecule has 0 saturated carbocycles. The van der Waals surface area contributed by atoms with Crippen LogP contribution in [0.1, 0.15) is 11.7 Å². The van der Waals surface area contributed by atoms with E-state index < -0.39 is 12.0 Å². The zero-order valence-electron chi connectivity index (χ0n) is 9.10. The third-order valence-electron chi connectivity index (χ3n) is 2.41. The van der Waals surface area contributed by atoms with Crippen molar-refractivity contribution in [2.24, 2.45) is 0 Å². The van der Waals surface area contributed by atoms with E-state index in [4.69, 9.17) is 0 Å². The number of carbonyl (C=O) groups is 2. The predicted octanol–water partition coefficient (Wildman–Crippen LogP) is 0.937. The molecule has 6 heteroatoms. The van der Waals surface area contributed by atoms with E-state index in [-0.39, 0.29) is 11.7 Å². The molecule has 1 amide bonds. The molecule has 1 aromatic carbocycles. The number of thioether (sulfide) groups is 1. The van der Waals surface area contributed by atoms with Crippen molar-refractivity contribution in [2.75, 3.05) is 18.2 Å². The van der Waals surface area contributed by atoms with E-state index >= 15 is 0 Å². The Labute approximate surface area is 102 Å². The van der Waals surface area contributed by atoms with Crippen LogP contribution >= 0.6 is 11.8 Å². The lowest BCUT2D eigenvalue weighted by Crippen LogP contribution is -2.10. The third kappa shape index (κ3) is 2.42. The molecule has 5 nitrogen and oxygen atoms in total. The van der Waals surface area contributed by atoms with Crippen LogP contribution in [-0.4, -0.2) is 29.8 Å². The van der Waals surface area contributed by atoms with Gasteiger partial charge in [-0.05, 0) is 12.1 Å². The molecule has 1 heterocycles. The van der Waals surface area contributed by atoms with Gasteiger partial charge in [-0.1, -0.05) is 6.07 Å². The van der Waals surface area contributed by atoms with Crippen LogP contribution in [-0.2, 0) is 14.3 Å². The van der Waals surface area contributed by atoms with Crippen molar-refractivity contribution in [1.82, 2.24) is 0 Å². The molecule has 0 saturated heterocycles. The van der Waals surface area contributed by atoms with Crippen LogP contribution in [0.25, 0.3) is 0 Å². The molecule has 1 aromatic rings. The first-order valence-electron chi connectivity index (χ1n) is 4.94. The van der Waals surface area contributed by atoms with Crippen molar-refractivity contribution in [3.8, 4) is 0 Å². The first kappa shape index (κ1) is 11.9. The standard InChI is InChI=1S/C11H11NO4S/c1-16-9(13)5-17-6-2-3-7-8(4-6)12-11(15)10(7)14/h2-4,10,14H,5H2,1H3,(H,12,15). The number of fused-ring (bicyclic) bond motifs is 1. The van der Waals surface area contributed by atoms with E-state index in [9.17, 15) is 14.7 Å². The number of benzene rings is 1. The molecule has 2 N–H and O–H groups in total. The van der Waals surface area contributed by atoms with E-state index in [0.29, 0.717) is 11.3 Å². The van der Waals surface area contributed by atoms with Crippen LogP contribution < -0.4 is 5.32 Å². The monoisotopic (exact) mass is 253 g/mol. The van der Waals surface area contributed by atoms with Crippen molar-refractivity contribution in [3.05, 3.63) is 23.8 Å². The number of amides is 1. The summed E-state index contributed by atoms with van der Waals surface area (Å²) in [4.78, 5) is 23.0. The summed E-state index contributed by atoms with van der Waals surface area (Å²) >= 11 is 1.31. The molecule has 0 spiro atoms. The minimum atomic E-state index is -1.09. The highest BCUT2D eigenvalue weighted by atomic mass is 32.2. The molecule has 0 fully saturated rings. The number of ether oxygens (including phenoxy) is 1. The molecule has 0 bridgehead atoms. The first-order valence-corrected chi connectivity index (χ1v) is 5.93. The van der Waals surface area contributed by atoms with E-state index in [0.717, 1.165) is 4.90 Å². The lowest BCUT2D eigenvalue weighted by atomic mass is 10.1. The highest BCUT2D eigenvalue weighted by Gasteiger charge is 2.28. The summed E-state index contributed by atoms with van der Waals surface area (Å²) in [6.07, 6.45) is -1.09. The van der Waals surface area contributed by atoms with Crippen molar-refractivity contribution in [3.63, 3.8) is 0 Å².